The van der Waals surface area contributed by atoms with Crippen LogP contribution < -0.4 is 5.32 Å². The van der Waals surface area contributed by atoms with Crippen molar-refractivity contribution in [1.29, 1.82) is 5.26 Å². The zero-order valence-electron chi connectivity index (χ0n) is 11.6. The third-order valence-corrected chi connectivity index (χ3v) is 4.30. The Bertz CT molecular complexity index is 519. The number of nitrogens with zero attached hydrogens (tertiary/aromatic N) is 2. The average molecular weight is 273 g/mol. The summed E-state index contributed by atoms with van der Waals surface area (Å²) in [6.07, 6.45) is 3.98. The average Bonchev–Trinajstić information content (AvgIpc) is 3.21. The van der Waals surface area contributed by atoms with Crippen LogP contribution in [0.5, 0.6) is 0 Å². The van der Waals surface area contributed by atoms with Gasteiger partial charge in [0.2, 0.25) is 0 Å². The van der Waals surface area contributed by atoms with E-state index in [2.05, 4.69) is 16.3 Å². The lowest BCUT2D eigenvalue weighted by atomic mass is 10.1. The smallest absolute Gasteiger partial charge is 0.127 e. The fourth-order valence-electron chi connectivity index (χ4n) is 2.99. The van der Waals surface area contributed by atoms with Crippen LogP contribution in [-0.2, 0) is 6.54 Å². The molecule has 3 nitrogen and oxygen atoms in total. The summed E-state index contributed by atoms with van der Waals surface area (Å²) in [4.78, 5) is 2.59. The van der Waals surface area contributed by atoms with Crippen LogP contribution in [-0.4, -0.2) is 30.6 Å². The van der Waals surface area contributed by atoms with Gasteiger partial charge in [0.1, 0.15) is 5.82 Å². The molecule has 1 aromatic rings. The second kappa shape index (κ2) is 5.90. The molecule has 1 aliphatic carbocycles. The van der Waals surface area contributed by atoms with E-state index in [4.69, 9.17) is 5.26 Å². The van der Waals surface area contributed by atoms with Gasteiger partial charge in [-0.1, -0.05) is 0 Å². The van der Waals surface area contributed by atoms with Crippen molar-refractivity contribution >= 4 is 0 Å². The van der Waals surface area contributed by atoms with Crippen molar-refractivity contribution < 1.29 is 4.39 Å². The van der Waals surface area contributed by atoms with E-state index >= 15 is 0 Å². The highest BCUT2D eigenvalue weighted by molar-refractivity contribution is 5.33. The van der Waals surface area contributed by atoms with Gasteiger partial charge in [-0.2, -0.15) is 5.26 Å². The van der Waals surface area contributed by atoms with E-state index in [1.807, 2.05) is 0 Å². The Kier molecular flexibility index (Phi) is 4.00. The predicted octanol–water partition coefficient (Wildman–Crippen LogP) is 2.27. The molecular weight excluding hydrogens is 253 g/mol. The minimum Gasteiger partial charge on any atom is -0.312 e. The molecule has 1 aliphatic heterocycles. The summed E-state index contributed by atoms with van der Waals surface area (Å²) in [5.41, 5.74) is 1.10. The zero-order chi connectivity index (χ0) is 13.9. The molecule has 1 saturated carbocycles. The van der Waals surface area contributed by atoms with Crippen molar-refractivity contribution in [2.75, 3.05) is 19.6 Å². The van der Waals surface area contributed by atoms with E-state index in [9.17, 15) is 4.39 Å². The lowest BCUT2D eigenvalue weighted by Gasteiger charge is -2.15. The van der Waals surface area contributed by atoms with Gasteiger partial charge in [-0.25, -0.2) is 4.39 Å². The summed E-state index contributed by atoms with van der Waals surface area (Å²) in [5, 5.41) is 12.2. The molecule has 1 heterocycles. The number of hydrogen-bond donors (Lipinski definition) is 1. The van der Waals surface area contributed by atoms with E-state index in [1.54, 1.807) is 6.07 Å². The van der Waals surface area contributed by atoms with Gasteiger partial charge >= 0.3 is 0 Å². The van der Waals surface area contributed by atoms with Crippen molar-refractivity contribution in [3.05, 3.63) is 35.1 Å². The number of benzene rings is 1. The Labute approximate surface area is 119 Å². The van der Waals surface area contributed by atoms with Crippen LogP contribution in [0.2, 0.25) is 0 Å². The van der Waals surface area contributed by atoms with Gasteiger partial charge in [0, 0.05) is 24.7 Å². The highest BCUT2D eigenvalue weighted by Gasteiger charge is 2.33. The Hall–Kier alpha value is -1.44. The third-order valence-electron chi connectivity index (χ3n) is 4.30. The van der Waals surface area contributed by atoms with Crippen molar-refractivity contribution in [1.82, 2.24) is 10.2 Å². The van der Waals surface area contributed by atoms with Crippen LogP contribution in [0.15, 0.2) is 18.2 Å². The number of hydrogen-bond acceptors (Lipinski definition) is 3. The van der Waals surface area contributed by atoms with Gasteiger partial charge in [0.25, 0.3) is 0 Å². The highest BCUT2D eigenvalue weighted by atomic mass is 19.1. The molecule has 1 unspecified atom stereocenters. The van der Waals surface area contributed by atoms with Crippen LogP contribution in [0.4, 0.5) is 4.39 Å². The first-order valence-corrected chi connectivity index (χ1v) is 7.39. The molecule has 20 heavy (non-hydrogen) atoms. The number of halogens is 1. The molecule has 2 aliphatic rings. The van der Waals surface area contributed by atoms with Crippen molar-refractivity contribution in [3.63, 3.8) is 0 Å². The molecule has 106 valence electrons. The zero-order valence-corrected chi connectivity index (χ0v) is 11.6. The maximum atomic E-state index is 13.6. The lowest BCUT2D eigenvalue weighted by Crippen LogP contribution is -2.27. The predicted molar refractivity (Wildman–Crippen MR) is 75.5 cm³/mol. The van der Waals surface area contributed by atoms with Crippen LogP contribution in [0, 0.1) is 23.1 Å². The van der Waals surface area contributed by atoms with E-state index < -0.39 is 0 Å². The fraction of sp³-hybridized carbons (Fsp3) is 0.562. The normalized spacial score (nSPS) is 22.9. The van der Waals surface area contributed by atoms with Gasteiger partial charge in [-0.05, 0) is 56.5 Å². The summed E-state index contributed by atoms with van der Waals surface area (Å²) in [7, 11) is 0. The SMILES string of the molecule is N#Cc1ccc(F)c(CNCC2CCN(C3CC3)C2)c1. The van der Waals surface area contributed by atoms with Crippen molar-refractivity contribution in [2.24, 2.45) is 5.92 Å². The molecule has 1 aromatic carbocycles. The second-order valence-corrected chi connectivity index (χ2v) is 5.93. The monoisotopic (exact) mass is 273 g/mol. The van der Waals surface area contributed by atoms with Gasteiger partial charge in [-0.3, -0.25) is 0 Å². The molecule has 0 aromatic heterocycles. The summed E-state index contributed by atoms with van der Waals surface area (Å²) in [5.74, 6) is 0.445. The van der Waals surface area contributed by atoms with E-state index in [0.717, 1.165) is 12.6 Å². The largest absolute Gasteiger partial charge is 0.312 e. The van der Waals surface area contributed by atoms with Crippen LogP contribution >= 0.6 is 0 Å². The van der Waals surface area contributed by atoms with Gasteiger partial charge in [0.15, 0.2) is 0 Å². The second-order valence-electron chi connectivity index (χ2n) is 5.93. The van der Waals surface area contributed by atoms with E-state index in [1.165, 1.54) is 44.5 Å². The molecular formula is C16H20FN3. The Balaban J connectivity index is 1.47. The van der Waals surface area contributed by atoms with E-state index in [-0.39, 0.29) is 5.82 Å². The summed E-state index contributed by atoms with van der Waals surface area (Å²) >= 11 is 0. The minimum atomic E-state index is -0.234. The molecule has 1 atom stereocenters. The van der Waals surface area contributed by atoms with Crippen LogP contribution in [0.1, 0.15) is 30.4 Å². The molecule has 0 bridgehead atoms. The maximum Gasteiger partial charge on any atom is 0.127 e. The molecule has 1 N–H and O–H groups in total. The standard InChI is InChI=1S/C16H20FN3/c17-16-4-1-12(8-18)7-14(16)10-19-9-13-5-6-20(11-13)15-2-3-15/h1,4,7,13,15,19H,2-3,5-6,9-11H2. The van der Waals surface area contributed by atoms with Crippen LogP contribution in [0.25, 0.3) is 0 Å². The Morgan fingerprint density at radius 3 is 2.95 bits per heavy atom. The number of likely N-dealkylation sites (tertiary alicyclic amines) is 1. The highest BCUT2D eigenvalue weighted by Crippen LogP contribution is 2.31. The van der Waals surface area contributed by atoms with Gasteiger partial charge in [0.05, 0.1) is 11.6 Å². The molecule has 3 rings (SSSR count). The molecule has 0 spiro atoms. The van der Waals surface area contributed by atoms with Crippen molar-refractivity contribution in [3.8, 4) is 6.07 Å². The van der Waals surface area contributed by atoms with Gasteiger partial charge in [-0.15, -0.1) is 0 Å². The van der Waals surface area contributed by atoms with Crippen molar-refractivity contribution in [2.45, 2.75) is 31.8 Å². The topological polar surface area (TPSA) is 39.1 Å². The van der Waals surface area contributed by atoms with Crippen LogP contribution in [0.3, 0.4) is 0 Å². The molecule has 2 fully saturated rings. The first kappa shape index (κ1) is 13.5. The third kappa shape index (κ3) is 3.17. The summed E-state index contributed by atoms with van der Waals surface area (Å²) < 4.78 is 13.6. The first-order valence-electron chi connectivity index (χ1n) is 7.39. The molecule has 4 heteroatoms. The lowest BCUT2D eigenvalue weighted by molar-refractivity contribution is 0.311. The minimum absolute atomic E-state index is 0.234. The number of nitriles is 1. The molecule has 1 saturated heterocycles. The maximum absolute atomic E-state index is 13.6. The fourth-order valence-corrected chi connectivity index (χ4v) is 2.99. The number of nitrogens with one attached hydrogen (secondary N) is 1. The summed E-state index contributed by atoms with van der Waals surface area (Å²) in [6.45, 7) is 3.83. The van der Waals surface area contributed by atoms with E-state index in [0.29, 0.717) is 23.6 Å². The first-order chi connectivity index (χ1) is 9.76. The molecule has 0 amide bonds. The summed E-state index contributed by atoms with van der Waals surface area (Å²) in [6, 6.07) is 7.43. The Morgan fingerprint density at radius 1 is 1.35 bits per heavy atom. The quantitative estimate of drug-likeness (QED) is 0.894. The van der Waals surface area contributed by atoms with Gasteiger partial charge < -0.3 is 10.2 Å². The number of rotatable bonds is 5. The Morgan fingerprint density at radius 2 is 2.20 bits per heavy atom. The molecule has 0 radical (unpaired) electrons.